The maximum atomic E-state index is 13.7. The molecule has 2 aliphatic rings. The van der Waals surface area contributed by atoms with Crippen LogP contribution in [0.25, 0.3) is 0 Å². The van der Waals surface area contributed by atoms with Crippen molar-refractivity contribution in [3.05, 3.63) is 76.6 Å². The van der Waals surface area contributed by atoms with E-state index < -0.39 is 5.92 Å². The molecule has 0 aromatic heterocycles. The predicted molar refractivity (Wildman–Crippen MR) is 137 cm³/mol. The number of methoxy groups -OCH3 is 1. The molecule has 0 radical (unpaired) electrons. The van der Waals surface area contributed by atoms with Crippen molar-refractivity contribution in [2.45, 2.75) is 52.9 Å². The Labute approximate surface area is 207 Å². The number of anilines is 1. The number of para-hydroxylation sites is 2. The molecule has 35 heavy (non-hydrogen) atoms. The van der Waals surface area contributed by atoms with Crippen molar-refractivity contribution in [3.8, 4) is 11.5 Å². The lowest BCUT2D eigenvalue weighted by atomic mass is 9.68. The lowest BCUT2D eigenvalue weighted by Crippen LogP contribution is -2.39. The highest BCUT2D eigenvalue weighted by atomic mass is 16.5. The third kappa shape index (κ3) is 5.11. The molecule has 6 nitrogen and oxygen atoms in total. The average molecular weight is 475 g/mol. The van der Waals surface area contributed by atoms with Crippen LogP contribution in [0, 0.1) is 5.41 Å². The van der Waals surface area contributed by atoms with Crippen LogP contribution in [0.5, 0.6) is 11.5 Å². The van der Waals surface area contributed by atoms with Gasteiger partial charge < -0.3 is 20.1 Å². The van der Waals surface area contributed by atoms with Crippen LogP contribution in [0.3, 0.4) is 0 Å². The van der Waals surface area contributed by atoms with Gasteiger partial charge in [0.1, 0.15) is 11.5 Å². The summed E-state index contributed by atoms with van der Waals surface area (Å²) in [7, 11) is 1.57. The number of nitrogens with one attached hydrogen (secondary N) is 2. The fourth-order valence-electron chi connectivity index (χ4n) is 4.98. The summed E-state index contributed by atoms with van der Waals surface area (Å²) in [5.74, 6) is 0.697. The summed E-state index contributed by atoms with van der Waals surface area (Å²) in [5, 5.41) is 6.42. The van der Waals surface area contributed by atoms with E-state index in [0.29, 0.717) is 35.6 Å². The highest BCUT2D eigenvalue weighted by Crippen LogP contribution is 2.47. The summed E-state index contributed by atoms with van der Waals surface area (Å²) in [4.78, 5) is 27.2. The van der Waals surface area contributed by atoms with Crippen LogP contribution >= 0.6 is 0 Å². The Hall–Kier alpha value is -3.54. The van der Waals surface area contributed by atoms with Crippen molar-refractivity contribution in [2.24, 2.45) is 5.41 Å². The summed E-state index contributed by atoms with van der Waals surface area (Å²) in [6.07, 6.45) is 2.12. The summed E-state index contributed by atoms with van der Waals surface area (Å²) < 4.78 is 11.2. The van der Waals surface area contributed by atoms with Gasteiger partial charge in [0.2, 0.25) is 0 Å². The average Bonchev–Trinajstić information content (AvgIpc) is 2.81. The molecule has 184 valence electrons. The zero-order valence-electron chi connectivity index (χ0n) is 21.2. The van der Waals surface area contributed by atoms with Crippen molar-refractivity contribution < 1.29 is 19.1 Å². The second kappa shape index (κ2) is 9.98. The van der Waals surface area contributed by atoms with Crippen LogP contribution in [0.2, 0.25) is 0 Å². The number of Topliss-reactive ketones (excluding diaryl/α,β-unsaturated/α-hetero) is 1. The van der Waals surface area contributed by atoms with Crippen LogP contribution in [-0.4, -0.2) is 25.4 Å². The Kier molecular flexibility index (Phi) is 7.01. The second-order valence-electron chi connectivity index (χ2n) is 10.0. The molecule has 6 heteroatoms. The SMILES string of the molecule is CCCOc1ccc([C@@H]2C(C(=O)Nc3ccccc3OC)=C(C)NC3=C2C(=O)CC(C)(C)C3)cc1. The Morgan fingerprint density at radius 2 is 1.83 bits per heavy atom. The third-order valence-corrected chi connectivity index (χ3v) is 6.53. The molecule has 1 heterocycles. The van der Waals surface area contributed by atoms with E-state index in [2.05, 4.69) is 31.4 Å². The Morgan fingerprint density at radius 1 is 1.11 bits per heavy atom. The normalized spacial score (nSPS) is 19.1. The van der Waals surface area contributed by atoms with Gasteiger partial charge in [-0.2, -0.15) is 0 Å². The molecule has 2 N–H and O–H groups in total. The van der Waals surface area contributed by atoms with E-state index in [0.717, 1.165) is 35.5 Å². The standard InChI is InChI=1S/C29H34N2O4/c1-6-15-35-20-13-11-19(12-14-20)26-25(28(33)31-21-9-7-8-10-24(21)34-5)18(2)30-22-16-29(3,4)17-23(32)27(22)26/h7-14,26,30H,6,15-17H2,1-5H3,(H,31,33)/t26-/m1/s1. The van der Waals surface area contributed by atoms with Crippen LogP contribution in [0.15, 0.2) is 71.1 Å². The number of benzene rings is 2. The van der Waals surface area contributed by atoms with Gasteiger partial charge in [-0.15, -0.1) is 0 Å². The number of allylic oxidation sites excluding steroid dienone is 3. The van der Waals surface area contributed by atoms with Crippen molar-refractivity contribution in [1.82, 2.24) is 5.32 Å². The Bertz CT molecular complexity index is 1190. The van der Waals surface area contributed by atoms with Crippen LogP contribution < -0.4 is 20.1 Å². The number of rotatable bonds is 7. The van der Waals surface area contributed by atoms with E-state index in [9.17, 15) is 9.59 Å². The Balaban J connectivity index is 1.77. The van der Waals surface area contributed by atoms with Crippen molar-refractivity contribution in [2.75, 3.05) is 19.0 Å². The van der Waals surface area contributed by atoms with Crippen LogP contribution in [0.4, 0.5) is 5.69 Å². The van der Waals surface area contributed by atoms with Crippen LogP contribution in [0.1, 0.15) is 58.4 Å². The van der Waals surface area contributed by atoms with Gasteiger partial charge in [-0.1, -0.05) is 45.0 Å². The topological polar surface area (TPSA) is 76.7 Å². The number of amides is 1. The van der Waals surface area contributed by atoms with Crippen molar-refractivity contribution >= 4 is 17.4 Å². The third-order valence-electron chi connectivity index (χ3n) is 6.53. The number of ether oxygens (including phenoxy) is 2. The maximum Gasteiger partial charge on any atom is 0.254 e. The molecule has 2 aromatic carbocycles. The molecule has 0 spiro atoms. The van der Waals surface area contributed by atoms with Crippen molar-refractivity contribution in [3.63, 3.8) is 0 Å². The summed E-state index contributed by atoms with van der Waals surface area (Å²) in [5.41, 5.74) is 4.21. The van der Waals surface area contributed by atoms with Gasteiger partial charge in [-0.25, -0.2) is 0 Å². The summed E-state index contributed by atoms with van der Waals surface area (Å²) in [6.45, 7) is 8.82. The predicted octanol–water partition coefficient (Wildman–Crippen LogP) is 5.73. The van der Waals surface area contributed by atoms with E-state index in [1.54, 1.807) is 19.2 Å². The molecule has 2 aromatic rings. The first kappa shape index (κ1) is 24.6. The zero-order chi connectivity index (χ0) is 25.2. The Morgan fingerprint density at radius 3 is 2.51 bits per heavy atom. The van der Waals surface area contributed by atoms with Crippen molar-refractivity contribution in [1.29, 1.82) is 0 Å². The first-order valence-electron chi connectivity index (χ1n) is 12.1. The molecule has 0 bridgehead atoms. The lowest BCUT2D eigenvalue weighted by Gasteiger charge is -2.39. The summed E-state index contributed by atoms with van der Waals surface area (Å²) in [6, 6.07) is 15.0. The van der Waals surface area contributed by atoms with E-state index in [1.807, 2.05) is 43.3 Å². The lowest BCUT2D eigenvalue weighted by molar-refractivity contribution is -0.118. The number of carbonyl (C=O) groups is 2. The molecule has 1 aliphatic carbocycles. The monoisotopic (exact) mass is 474 g/mol. The fraction of sp³-hybridized carbons (Fsp3) is 0.379. The number of dihydropyridines is 1. The second-order valence-corrected chi connectivity index (χ2v) is 10.0. The molecule has 1 atom stereocenters. The molecular weight excluding hydrogens is 440 g/mol. The zero-order valence-corrected chi connectivity index (χ0v) is 21.2. The van der Waals surface area contributed by atoms with Gasteiger partial charge in [0.05, 0.1) is 19.4 Å². The number of hydrogen-bond donors (Lipinski definition) is 2. The number of hydrogen-bond acceptors (Lipinski definition) is 5. The van der Waals surface area contributed by atoms with Gasteiger partial charge in [0.15, 0.2) is 5.78 Å². The molecule has 0 unspecified atom stereocenters. The van der Waals surface area contributed by atoms with Gasteiger partial charge in [-0.3, -0.25) is 9.59 Å². The first-order chi connectivity index (χ1) is 16.7. The molecule has 0 saturated carbocycles. The van der Waals surface area contributed by atoms with Gasteiger partial charge in [0.25, 0.3) is 5.91 Å². The molecular formula is C29H34N2O4. The smallest absolute Gasteiger partial charge is 0.254 e. The van der Waals surface area contributed by atoms with Gasteiger partial charge >= 0.3 is 0 Å². The minimum Gasteiger partial charge on any atom is -0.495 e. The van der Waals surface area contributed by atoms with E-state index >= 15 is 0 Å². The van der Waals surface area contributed by atoms with E-state index in [4.69, 9.17) is 9.47 Å². The summed E-state index contributed by atoms with van der Waals surface area (Å²) >= 11 is 0. The van der Waals surface area contributed by atoms with Gasteiger partial charge in [-0.05, 0) is 55.0 Å². The maximum absolute atomic E-state index is 13.7. The highest BCUT2D eigenvalue weighted by molar-refractivity contribution is 6.10. The molecule has 1 amide bonds. The van der Waals surface area contributed by atoms with Gasteiger partial charge in [0, 0.05) is 34.9 Å². The quantitative estimate of drug-likeness (QED) is 0.536. The van der Waals surface area contributed by atoms with E-state index in [-0.39, 0.29) is 17.1 Å². The molecule has 0 saturated heterocycles. The minimum atomic E-state index is -0.468. The molecule has 1 aliphatic heterocycles. The fourth-order valence-corrected chi connectivity index (χ4v) is 4.98. The molecule has 0 fully saturated rings. The van der Waals surface area contributed by atoms with E-state index in [1.165, 1.54) is 0 Å². The first-order valence-corrected chi connectivity index (χ1v) is 12.1. The van der Waals surface area contributed by atoms with Crippen LogP contribution in [-0.2, 0) is 9.59 Å². The number of carbonyl (C=O) groups excluding carboxylic acids is 2. The molecule has 4 rings (SSSR count). The highest BCUT2D eigenvalue weighted by Gasteiger charge is 2.42. The minimum absolute atomic E-state index is 0.0788. The number of ketones is 1. The largest absolute Gasteiger partial charge is 0.495 e.